The van der Waals surface area contributed by atoms with E-state index in [0.29, 0.717) is 6.54 Å². The molecule has 0 fully saturated rings. The van der Waals surface area contributed by atoms with Crippen molar-refractivity contribution < 1.29 is 14.9 Å². The molecule has 2 atom stereocenters. The van der Waals surface area contributed by atoms with Crippen LogP contribution in [0, 0.1) is 13.8 Å². The molecule has 4 nitrogen and oxygen atoms in total. The fourth-order valence-corrected chi connectivity index (χ4v) is 1.75. The van der Waals surface area contributed by atoms with Crippen LogP contribution < -0.4 is 4.74 Å². The van der Waals surface area contributed by atoms with Crippen molar-refractivity contribution in [3.63, 3.8) is 0 Å². The number of aryl methyl sites for hydroxylation is 2. The van der Waals surface area contributed by atoms with E-state index in [0.717, 1.165) is 16.9 Å². The van der Waals surface area contributed by atoms with Gasteiger partial charge in [0, 0.05) is 12.6 Å². The van der Waals surface area contributed by atoms with Gasteiger partial charge in [-0.1, -0.05) is 12.1 Å². The van der Waals surface area contributed by atoms with Crippen molar-refractivity contribution >= 4 is 0 Å². The maximum atomic E-state index is 9.94. The van der Waals surface area contributed by atoms with E-state index in [-0.39, 0.29) is 19.3 Å². The number of hydrogen-bond donors (Lipinski definition) is 2. The first-order valence-corrected chi connectivity index (χ1v) is 6.63. The van der Waals surface area contributed by atoms with Gasteiger partial charge in [-0.3, -0.25) is 4.90 Å². The third kappa shape index (κ3) is 5.19. The highest BCUT2D eigenvalue weighted by Crippen LogP contribution is 2.19. The first kappa shape index (κ1) is 16.0. The summed E-state index contributed by atoms with van der Waals surface area (Å²) in [6.45, 7) is 6.74. The Morgan fingerprint density at radius 2 is 2.00 bits per heavy atom. The van der Waals surface area contributed by atoms with Crippen LogP contribution in [0.5, 0.6) is 5.75 Å². The number of aliphatic hydroxyl groups excluding tert-OH is 2. The number of aliphatic hydroxyl groups is 2. The average Bonchev–Trinajstić information content (AvgIpc) is 2.38. The number of hydrogen-bond acceptors (Lipinski definition) is 4. The lowest BCUT2D eigenvalue weighted by Gasteiger charge is -2.25. The summed E-state index contributed by atoms with van der Waals surface area (Å²) in [6.07, 6.45) is -0.570. The smallest absolute Gasteiger partial charge is 0.122 e. The quantitative estimate of drug-likeness (QED) is 0.783. The van der Waals surface area contributed by atoms with E-state index in [9.17, 15) is 5.11 Å². The molecule has 2 N–H and O–H groups in total. The molecule has 2 unspecified atom stereocenters. The number of ether oxygens (including phenoxy) is 1. The van der Waals surface area contributed by atoms with Gasteiger partial charge in [0.25, 0.3) is 0 Å². The molecule has 1 aromatic rings. The van der Waals surface area contributed by atoms with Crippen LogP contribution in [0.3, 0.4) is 0 Å². The molecular formula is C15H25NO3. The molecule has 0 aliphatic carbocycles. The van der Waals surface area contributed by atoms with Gasteiger partial charge in [0.1, 0.15) is 18.5 Å². The third-order valence-electron chi connectivity index (χ3n) is 3.29. The Bertz CT molecular complexity index is 395. The molecule has 0 heterocycles. The molecule has 0 amide bonds. The van der Waals surface area contributed by atoms with Crippen LogP contribution in [0.15, 0.2) is 18.2 Å². The lowest BCUT2D eigenvalue weighted by Crippen LogP contribution is -2.39. The topological polar surface area (TPSA) is 52.9 Å². The predicted molar refractivity (Wildman–Crippen MR) is 76.6 cm³/mol. The second-order valence-electron chi connectivity index (χ2n) is 5.20. The molecule has 0 saturated heterocycles. The molecule has 0 aliphatic heterocycles. The molecule has 0 saturated carbocycles. The molecule has 108 valence electrons. The molecule has 0 radical (unpaired) electrons. The minimum Gasteiger partial charge on any atom is -0.491 e. The first-order chi connectivity index (χ1) is 8.93. The van der Waals surface area contributed by atoms with Crippen molar-refractivity contribution in [1.29, 1.82) is 0 Å². The van der Waals surface area contributed by atoms with E-state index in [2.05, 4.69) is 0 Å². The summed E-state index contributed by atoms with van der Waals surface area (Å²) in [5.41, 5.74) is 2.20. The molecule has 0 bridgehead atoms. The van der Waals surface area contributed by atoms with Gasteiger partial charge >= 0.3 is 0 Å². The van der Waals surface area contributed by atoms with E-state index in [1.165, 1.54) is 0 Å². The predicted octanol–water partition coefficient (Wildman–Crippen LogP) is 1.36. The molecule has 4 heteroatoms. The number of benzene rings is 1. The highest BCUT2D eigenvalue weighted by Gasteiger charge is 2.14. The zero-order valence-corrected chi connectivity index (χ0v) is 12.3. The van der Waals surface area contributed by atoms with Crippen molar-refractivity contribution in [1.82, 2.24) is 4.90 Å². The third-order valence-corrected chi connectivity index (χ3v) is 3.29. The fraction of sp³-hybridized carbons (Fsp3) is 0.600. The maximum absolute atomic E-state index is 9.94. The summed E-state index contributed by atoms with van der Waals surface area (Å²) in [5.74, 6) is 0.817. The van der Waals surface area contributed by atoms with Gasteiger partial charge in [-0.15, -0.1) is 0 Å². The minimum atomic E-state index is -0.570. The highest BCUT2D eigenvalue weighted by molar-refractivity contribution is 5.35. The highest BCUT2D eigenvalue weighted by atomic mass is 16.5. The summed E-state index contributed by atoms with van der Waals surface area (Å²) in [6, 6.07) is 6.06. The molecule has 1 rings (SSSR count). The van der Waals surface area contributed by atoms with Crippen LogP contribution in [-0.2, 0) is 0 Å². The minimum absolute atomic E-state index is 0.0374. The summed E-state index contributed by atoms with van der Waals surface area (Å²) in [7, 11) is 1.88. The van der Waals surface area contributed by atoms with Crippen LogP contribution in [0.25, 0.3) is 0 Å². The van der Waals surface area contributed by atoms with Gasteiger partial charge in [-0.05, 0) is 45.0 Å². The van der Waals surface area contributed by atoms with Crippen molar-refractivity contribution in [2.75, 3.05) is 26.8 Å². The van der Waals surface area contributed by atoms with E-state index in [1.54, 1.807) is 0 Å². The monoisotopic (exact) mass is 267 g/mol. The Labute approximate surface area is 115 Å². The molecular weight excluding hydrogens is 242 g/mol. The largest absolute Gasteiger partial charge is 0.491 e. The van der Waals surface area contributed by atoms with Gasteiger partial charge < -0.3 is 14.9 Å². The number of nitrogens with zero attached hydrogens (tertiary/aromatic N) is 1. The van der Waals surface area contributed by atoms with Crippen LogP contribution >= 0.6 is 0 Å². The Kier molecular flexibility index (Phi) is 6.28. The molecule has 1 aromatic carbocycles. The van der Waals surface area contributed by atoms with Gasteiger partial charge in [0.05, 0.1) is 6.61 Å². The van der Waals surface area contributed by atoms with Gasteiger partial charge in [0.15, 0.2) is 0 Å². The van der Waals surface area contributed by atoms with Gasteiger partial charge in [-0.25, -0.2) is 0 Å². The second kappa shape index (κ2) is 7.48. The van der Waals surface area contributed by atoms with Crippen molar-refractivity contribution in [2.24, 2.45) is 0 Å². The average molecular weight is 267 g/mol. The second-order valence-corrected chi connectivity index (χ2v) is 5.20. The van der Waals surface area contributed by atoms with Gasteiger partial charge in [-0.2, -0.15) is 0 Å². The first-order valence-electron chi connectivity index (χ1n) is 6.63. The van der Waals surface area contributed by atoms with Crippen LogP contribution in [-0.4, -0.2) is 54.1 Å². The zero-order valence-electron chi connectivity index (χ0n) is 12.3. The lowest BCUT2D eigenvalue weighted by atomic mass is 10.1. The Morgan fingerprint density at radius 3 is 2.63 bits per heavy atom. The van der Waals surface area contributed by atoms with Crippen LogP contribution in [0.2, 0.25) is 0 Å². The molecule has 0 aromatic heterocycles. The van der Waals surface area contributed by atoms with Gasteiger partial charge in [0.2, 0.25) is 0 Å². The Hall–Kier alpha value is -1.10. The fourth-order valence-electron chi connectivity index (χ4n) is 1.75. The van der Waals surface area contributed by atoms with E-state index >= 15 is 0 Å². The van der Waals surface area contributed by atoms with E-state index in [1.807, 2.05) is 50.9 Å². The summed E-state index contributed by atoms with van der Waals surface area (Å²) >= 11 is 0. The Morgan fingerprint density at radius 1 is 1.32 bits per heavy atom. The standard InChI is InChI=1S/C15H25NO3/c1-11-5-6-12(2)15(7-11)19-10-14(18)8-16(4)13(3)9-17/h5-7,13-14,17-18H,8-10H2,1-4H3. The molecule has 0 aliphatic rings. The van der Waals surface area contributed by atoms with Crippen LogP contribution in [0.4, 0.5) is 0 Å². The van der Waals surface area contributed by atoms with Crippen molar-refractivity contribution in [3.8, 4) is 5.75 Å². The Balaban J connectivity index is 2.45. The summed E-state index contributed by atoms with van der Waals surface area (Å²) < 4.78 is 5.65. The summed E-state index contributed by atoms with van der Waals surface area (Å²) in [5, 5.41) is 19.0. The van der Waals surface area contributed by atoms with Crippen molar-refractivity contribution in [2.45, 2.75) is 32.9 Å². The molecule has 0 spiro atoms. The zero-order chi connectivity index (χ0) is 14.4. The van der Waals surface area contributed by atoms with Crippen LogP contribution in [0.1, 0.15) is 18.1 Å². The SMILES string of the molecule is Cc1ccc(C)c(OCC(O)CN(C)C(C)CO)c1. The van der Waals surface area contributed by atoms with E-state index < -0.39 is 6.10 Å². The molecule has 19 heavy (non-hydrogen) atoms. The maximum Gasteiger partial charge on any atom is 0.122 e. The summed E-state index contributed by atoms with van der Waals surface area (Å²) in [4.78, 5) is 1.91. The normalized spacial score (nSPS) is 14.5. The van der Waals surface area contributed by atoms with E-state index in [4.69, 9.17) is 9.84 Å². The number of likely N-dealkylation sites (N-methyl/N-ethyl adjacent to an activating group) is 1. The number of rotatable bonds is 7. The lowest BCUT2D eigenvalue weighted by molar-refractivity contribution is 0.0541. The van der Waals surface area contributed by atoms with Crippen molar-refractivity contribution in [3.05, 3.63) is 29.3 Å².